The number of phosphoric ester groups is 1. The van der Waals surface area contributed by atoms with Gasteiger partial charge >= 0.3 is 13.9 Å². The van der Waals surface area contributed by atoms with Crippen LogP contribution in [-0.4, -0.2) is 36.4 Å². The van der Waals surface area contributed by atoms with E-state index in [2.05, 4.69) is 17.6 Å². The van der Waals surface area contributed by atoms with Crippen molar-refractivity contribution in [2.75, 3.05) is 18.5 Å². The number of unbranched alkanes of at least 4 members (excludes halogenated alkanes) is 11. The topological polar surface area (TPSA) is 132 Å². The summed E-state index contributed by atoms with van der Waals surface area (Å²) in [5, 5.41) is 14.2. The van der Waals surface area contributed by atoms with Gasteiger partial charge in [0, 0.05) is 5.69 Å². The van der Waals surface area contributed by atoms with Crippen molar-refractivity contribution in [3.05, 3.63) is 96.1 Å². The van der Waals surface area contributed by atoms with Crippen LogP contribution in [0.2, 0.25) is 0 Å². The first-order valence-electron chi connectivity index (χ1n) is 17.5. The maximum absolute atomic E-state index is 13.6. The van der Waals surface area contributed by atoms with Crippen LogP contribution in [0.3, 0.4) is 0 Å². The molecule has 3 rings (SSSR count). The molecule has 3 aromatic carbocycles. The Kier molecular flexibility index (Phi) is 19.2. The first-order valence-corrected chi connectivity index (χ1v) is 19.0. The summed E-state index contributed by atoms with van der Waals surface area (Å²) in [5.41, 5.74) is 1.90. The maximum Gasteiger partial charge on any atom is 0.475 e. The molecule has 11 heteroatoms. The molecule has 0 spiro atoms. The minimum Gasteiger partial charge on any atom is -0.494 e. The third-order valence-electron chi connectivity index (χ3n) is 7.87. The average molecular weight is 697 g/mol. The molecule has 1 atom stereocenters. The fourth-order valence-electron chi connectivity index (χ4n) is 5.06. The highest BCUT2D eigenvalue weighted by molar-refractivity contribution is 7.48. The second-order valence-electron chi connectivity index (χ2n) is 12.0. The Morgan fingerprint density at radius 3 is 1.65 bits per heavy atom. The fraction of sp³-hybridized carbons (Fsp3) is 0.474. The molecule has 0 saturated heterocycles. The van der Waals surface area contributed by atoms with Crippen LogP contribution in [0.5, 0.6) is 5.75 Å². The van der Waals surface area contributed by atoms with Crippen LogP contribution in [-0.2, 0) is 36.1 Å². The predicted molar refractivity (Wildman–Crippen MR) is 193 cm³/mol. The van der Waals surface area contributed by atoms with E-state index in [0.29, 0.717) is 18.0 Å². The molecular formula is C38H53N2O8P. The minimum atomic E-state index is -4.24. The van der Waals surface area contributed by atoms with Crippen molar-refractivity contribution in [2.45, 2.75) is 103 Å². The molecule has 0 bridgehead atoms. The van der Waals surface area contributed by atoms with E-state index in [4.69, 9.17) is 18.3 Å². The van der Waals surface area contributed by atoms with Crippen molar-refractivity contribution in [1.29, 1.82) is 0 Å². The molecule has 268 valence electrons. The lowest BCUT2D eigenvalue weighted by Crippen LogP contribution is -2.46. The maximum atomic E-state index is 13.6. The summed E-state index contributed by atoms with van der Waals surface area (Å²) in [5.74, 6) is -0.0260. The van der Waals surface area contributed by atoms with Crippen LogP contribution in [0, 0.1) is 0 Å². The highest BCUT2D eigenvalue weighted by Crippen LogP contribution is 2.51. The molecule has 2 amide bonds. The number of carbonyl (C=O) groups is 2. The second-order valence-corrected chi connectivity index (χ2v) is 13.7. The van der Waals surface area contributed by atoms with Gasteiger partial charge in [-0.05, 0) is 41.8 Å². The van der Waals surface area contributed by atoms with Gasteiger partial charge in [0.2, 0.25) is 5.91 Å². The first-order chi connectivity index (χ1) is 23.9. The summed E-state index contributed by atoms with van der Waals surface area (Å²) < 4.78 is 36.2. The Labute approximate surface area is 291 Å². The molecule has 0 aromatic heterocycles. The number of carboxylic acid groups (broad SMARTS) is 1. The zero-order chi connectivity index (χ0) is 35.0. The predicted octanol–water partition coefficient (Wildman–Crippen LogP) is 9.90. The molecule has 0 radical (unpaired) electrons. The van der Waals surface area contributed by atoms with Crippen molar-refractivity contribution in [3.63, 3.8) is 0 Å². The Balaban J connectivity index is 1.43. The van der Waals surface area contributed by atoms with E-state index >= 15 is 0 Å². The highest BCUT2D eigenvalue weighted by atomic mass is 31.2. The Morgan fingerprint density at radius 1 is 0.673 bits per heavy atom. The molecule has 0 saturated carbocycles. The van der Waals surface area contributed by atoms with Crippen molar-refractivity contribution in [3.8, 4) is 5.75 Å². The zero-order valence-corrected chi connectivity index (χ0v) is 29.6. The first kappa shape index (κ1) is 39.7. The lowest BCUT2D eigenvalue weighted by atomic mass is 10.1. The van der Waals surface area contributed by atoms with Crippen molar-refractivity contribution in [1.82, 2.24) is 5.32 Å². The molecule has 3 aromatic rings. The lowest BCUT2D eigenvalue weighted by molar-refractivity contribution is -0.118. The Hall–Kier alpha value is -3.69. The molecule has 0 aliphatic carbocycles. The third-order valence-corrected chi connectivity index (χ3v) is 9.22. The number of hydrogen-bond donors (Lipinski definition) is 3. The van der Waals surface area contributed by atoms with Gasteiger partial charge in [0.1, 0.15) is 11.8 Å². The van der Waals surface area contributed by atoms with Crippen molar-refractivity contribution in [2.24, 2.45) is 0 Å². The van der Waals surface area contributed by atoms with Crippen molar-refractivity contribution < 1.29 is 37.6 Å². The quantitative estimate of drug-likeness (QED) is 0.0558. The van der Waals surface area contributed by atoms with Gasteiger partial charge in [-0.25, -0.2) is 9.36 Å². The van der Waals surface area contributed by atoms with Gasteiger partial charge in [-0.2, -0.15) is 0 Å². The Bertz CT molecular complexity index is 1330. The van der Waals surface area contributed by atoms with Crippen LogP contribution in [0.25, 0.3) is 0 Å². The van der Waals surface area contributed by atoms with Crippen LogP contribution in [0.15, 0.2) is 84.9 Å². The van der Waals surface area contributed by atoms with Crippen LogP contribution < -0.4 is 15.4 Å². The average Bonchev–Trinajstić information content (AvgIpc) is 3.12. The SMILES string of the molecule is CCCCCCCCCCCCCCOc1ccc(NC(=O)C(COP(=O)(OCc2ccccc2)OCc2ccccc2)NC(=O)O)cc1. The van der Waals surface area contributed by atoms with Gasteiger partial charge in [0.25, 0.3) is 0 Å². The number of nitrogens with one attached hydrogen (secondary N) is 2. The minimum absolute atomic E-state index is 0.0795. The van der Waals surface area contributed by atoms with Gasteiger partial charge in [0.05, 0.1) is 26.4 Å². The summed E-state index contributed by atoms with van der Waals surface area (Å²) in [7, 11) is -4.24. The van der Waals surface area contributed by atoms with E-state index in [1.54, 1.807) is 48.5 Å². The number of amides is 2. The van der Waals surface area contributed by atoms with Crippen LogP contribution in [0.1, 0.15) is 95.1 Å². The third kappa shape index (κ3) is 17.5. The number of benzene rings is 3. The smallest absolute Gasteiger partial charge is 0.475 e. The highest BCUT2D eigenvalue weighted by Gasteiger charge is 2.31. The summed E-state index contributed by atoms with van der Waals surface area (Å²) in [6.45, 7) is 2.11. The molecule has 49 heavy (non-hydrogen) atoms. The van der Waals surface area contributed by atoms with Crippen LogP contribution >= 0.6 is 7.82 Å². The van der Waals surface area contributed by atoms with Gasteiger partial charge < -0.3 is 20.5 Å². The van der Waals surface area contributed by atoms with Crippen molar-refractivity contribution >= 4 is 25.5 Å². The summed E-state index contributed by atoms with van der Waals surface area (Å²) in [6.07, 6.45) is 13.9. The number of anilines is 1. The molecule has 0 aliphatic rings. The largest absolute Gasteiger partial charge is 0.494 e. The standard InChI is InChI=1S/C38H53N2O8P/c1-2-3-4-5-6-7-8-9-10-11-12-19-28-45-35-26-24-34(25-27-35)39-37(41)36(40-38(42)43)31-48-49(44,46-29-32-20-15-13-16-21-32)47-30-33-22-17-14-18-23-33/h13-18,20-27,36,40H,2-12,19,28-31H2,1H3,(H,39,41)(H,42,43). The molecule has 0 aliphatic heterocycles. The molecule has 3 N–H and O–H groups in total. The van der Waals surface area contributed by atoms with E-state index in [1.165, 1.54) is 64.2 Å². The van der Waals surface area contributed by atoms with E-state index in [-0.39, 0.29) is 13.2 Å². The molecular weight excluding hydrogens is 643 g/mol. The lowest BCUT2D eigenvalue weighted by Gasteiger charge is -2.22. The van der Waals surface area contributed by atoms with Gasteiger partial charge in [-0.3, -0.25) is 18.4 Å². The van der Waals surface area contributed by atoms with E-state index < -0.39 is 32.5 Å². The number of ether oxygens (including phenoxy) is 1. The number of hydrogen-bond acceptors (Lipinski definition) is 7. The normalized spacial score (nSPS) is 11.9. The van der Waals surface area contributed by atoms with E-state index in [1.807, 2.05) is 36.4 Å². The second kappa shape index (κ2) is 23.6. The number of phosphoric acid groups is 1. The molecule has 0 heterocycles. The molecule has 10 nitrogen and oxygen atoms in total. The Morgan fingerprint density at radius 2 is 1.16 bits per heavy atom. The van der Waals surface area contributed by atoms with Gasteiger partial charge in [-0.1, -0.05) is 138 Å². The monoisotopic (exact) mass is 696 g/mol. The van der Waals surface area contributed by atoms with Crippen LogP contribution in [0.4, 0.5) is 10.5 Å². The van der Waals surface area contributed by atoms with Gasteiger partial charge in [-0.15, -0.1) is 0 Å². The summed E-state index contributed by atoms with van der Waals surface area (Å²) >= 11 is 0. The zero-order valence-electron chi connectivity index (χ0n) is 28.7. The molecule has 0 fully saturated rings. The van der Waals surface area contributed by atoms with Gasteiger partial charge in [0.15, 0.2) is 0 Å². The van der Waals surface area contributed by atoms with E-state index in [0.717, 1.165) is 24.0 Å². The molecule has 1 unspecified atom stereocenters. The fourth-order valence-corrected chi connectivity index (χ4v) is 6.23. The summed E-state index contributed by atoms with van der Waals surface area (Å²) in [4.78, 5) is 24.6. The number of rotatable bonds is 26. The summed E-state index contributed by atoms with van der Waals surface area (Å²) in [6, 6.07) is 23.5. The number of carbonyl (C=O) groups excluding carboxylic acids is 1. The van der Waals surface area contributed by atoms with E-state index in [9.17, 15) is 19.3 Å².